The molecule has 0 aliphatic rings. The number of unbranched alkanes of at least 4 members (excludes halogenated alkanes) is 62. The average Bonchev–Trinajstić information content (AvgIpc) is 3.49. The van der Waals surface area contributed by atoms with Gasteiger partial charge in [0.05, 0.1) is 0 Å². The summed E-state index contributed by atoms with van der Waals surface area (Å²) >= 11 is 0. The van der Waals surface area contributed by atoms with E-state index in [9.17, 15) is 14.4 Å². The van der Waals surface area contributed by atoms with E-state index in [1.54, 1.807) is 0 Å². The molecule has 0 fully saturated rings. The molecule has 6 heteroatoms. The summed E-state index contributed by atoms with van der Waals surface area (Å²) in [6, 6.07) is 0. The third-order valence-corrected chi connectivity index (χ3v) is 18.1. The van der Waals surface area contributed by atoms with Gasteiger partial charge in [0.25, 0.3) is 0 Å². The molecule has 0 rings (SSSR count). The van der Waals surface area contributed by atoms with Gasteiger partial charge < -0.3 is 14.2 Å². The Labute approximate surface area is 520 Å². The smallest absolute Gasteiger partial charge is 0.306 e. The third-order valence-electron chi connectivity index (χ3n) is 18.1. The highest BCUT2D eigenvalue weighted by molar-refractivity contribution is 5.71. The van der Waals surface area contributed by atoms with Crippen molar-refractivity contribution in [1.29, 1.82) is 0 Å². The van der Waals surface area contributed by atoms with Crippen molar-refractivity contribution in [2.75, 3.05) is 13.2 Å². The molecule has 0 heterocycles. The molecule has 1 atom stereocenters. The summed E-state index contributed by atoms with van der Waals surface area (Å²) in [5, 5.41) is 0. The molecule has 0 saturated carbocycles. The van der Waals surface area contributed by atoms with Gasteiger partial charge in [-0.05, 0) is 19.3 Å². The Morgan fingerprint density at radius 3 is 0.482 bits per heavy atom. The minimum Gasteiger partial charge on any atom is -0.462 e. The lowest BCUT2D eigenvalue weighted by Crippen LogP contribution is -2.30. The minimum absolute atomic E-state index is 0.0599. The number of carbonyl (C=O) groups is 3. The first-order valence-electron chi connectivity index (χ1n) is 38.5. The Hall–Kier alpha value is -1.59. The zero-order chi connectivity index (χ0) is 59.9. The van der Waals surface area contributed by atoms with Gasteiger partial charge in [-0.2, -0.15) is 0 Å². The van der Waals surface area contributed by atoms with Gasteiger partial charge in [-0.15, -0.1) is 0 Å². The Bertz CT molecular complexity index is 1250. The van der Waals surface area contributed by atoms with E-state index in [4.69, 9.17) is 14.2 Å². The summed E-state index contributed by atoms with van der Waals surface area (Å²) in [5.41, 5.74) is 0. The van der Waals surface area contributed by atoms with Gasteiger partial charge in [0.1, 0.15) is 13.2 Å². The van der Waals surface area contributed by atoms with Crippen molar-refractivity contribution in [3.05, 3.63) is 0 Å². The molecule has 0 aromatic heterocycles. The van der Waals surface area contributed by atoms with Crippen LogP contribution in [0.5, 0.6) is 0 Å². The molecule has 0 bridgehead atoms. The maximum Gasteiger partial charge on any atom is 0.306 e. The predicted octanol–water partition coefficient (Wildman–Crippen LogP) is 26.6. The molecule has 0 amide bonds. The second-order valence-electron chi connectivity index (χ2n) is 26.6. The molecule has 0 spiro atoms. The summed E-state index contributed by atoms with van der Waals surface area (Å²) in [6.07, 6.45) is 87.3. The highest BCUT2D eigenvalue weighted by atomic mass is 16.6. The summed E-state index contributed by atoms with van der Waals surface area (Å²) in [6.45, 7) is 6.76. The van der Waals surface area contributed by atoms with Crippen molar-refractivity contribution in [1.82, 2.24) is 0 Å². The van der Waals surface area contributed by atoms with Gasteiger partial charge in [0.15, 0.2) is 6.10 Å². The number of hydrogen-bond donors (Lipinski definition) is 0. The molecule has 0 aliphatic carbocycles. The standard InChI is InChI=1S/C77H150O6/c1-4-7-10-13-16-19-22-25-28-31-32-33-34-35-36-37-38-39-40-41-42-43-44-47-49-52-55-58-61-64-67-70-76(79)82-73-74(83-77(80)71-68-65-62-59-56-53-50-46-30-27-24-21-18-15-12-9-6-3)72-81-75(78)69-66-63-60-57-54-51-48-45-29-26-23-20-17-14-11-8-5-2/h74H,4-73H2,1-3H3. The normalized spacial score (nSPS) is 11.9. The van der Waals surface area contributed by atoms with Crippen molar-refractivity contribution in [2.24, 2.45) is 0 Å². The second-order valence-corrected chi connectivity index (χ2v) is 26.6. The Balaban J connectivity index is 4.13. The fraction of sp³-hybridized carbons (Fsp3) is 0.961. The van der Waals surface area contributed by atoms with Gasteiger partial charge in [-0.1, -0.05) is 419 Å². The SMILES string of the molecule is CCCCCCCCCCCCCCCCCCCCCCCCCCCCCCCCCC(=O)OCC(COC(=O)CCCCCCCCCCCCCCCCCCC)OC(=O)CCCCCCCCCCCCCCCCCCC. The third kappa shape index (κ3) is 71.1. The van der Waals surface area contributed by atoms with Crippen molar-refractivity contribution in [3.63, 3.8) is 0 Å². The van der Waals surface area contributed by atoms with Crippen molar-refractivity contribution in [3.8, 4) is 0 Å². The van der Waals surface area contributed by atoms with E-state index in [1.165, 1.54) is 360 Å². The maximum absolute atomic E-state index is 13.0. The zero-order valence-corrected chi connectivity index (χ0v) is 57.0. The molecule has 83 heavy (non-hydrogen) atoms. The number of rotatable bonds is 73. The number of carbonyl (C=O) groups excluding carboxylic acids is 3. The number of hydrogen-bond acceptors (Lipinski definition) is 6. The van der Waals surface area contributed by atoms with Crippen LogP contribution in [0.4, 0.5) is 0 Å². The van der Waals surface area contributed by atoms with Crippen molar-refractivity contribution >= 4 is 17.9 Å². The van der Waals surface area contributed by atoms with Crippen LogP contribution in [-0.4, -0.2) is 37.2 Å². The van der Waals surface area contributed by atoms with Crippen LogP contribution < -0.4 is 0 Å². The number of esters is 3. The quantitative estimate of drug-likeness (QED) is 0.0343. The first kappa shape index (κ1) is 81.4. The molecule has 1 unspecified atom stereocenters. The van der Waals surface area contributed by atoms with Crippen LogP contribution in [0.1, 0.15) is 457 Å². The topological polar surface area (TPSA) is 78.9 Å². The van der Waals surface area contributed by atoms with Gasteiger partial charge in [0, 0.05) is 19.3 Å². The molecule has 6 nitrogen and oxygen atoms in total. The van der Waals surface area contributed by atoms with Crippen LogP contribution in [0, 0.1) is 0 Å². The van der Waals surface area contributed by atoms with Crippen molar-refractivity contribution in [2.45, 2.75) is 463 Å². The van der Waals surface area contributed by atoms with Crippen LogP contribution in [0.3, 0.4) is 0 Å². The van der Waals surface area contributed by atoms with Crippen LogP contribution in [-0.2, 0) is 28.6 Å². The van der Waals surface area contributed by atoms with Gasteiger partial charge in [-0.3, -0.25) is 14.4 Å². The van der Waals surface area contributed by atoms with E-state index >= 15 is 0 Å². The first-order valence-corrected chi connectivity index (χ1v) is 38.5. The lowest BCUT2D eigenvalue weighted by atomic mass is 10.0. The molecule has 494 valence electrons. The second kappa shape index (κ2) is 72.9. The van der Waals surface area contributed by atoms with E-state index in [0.717, 1.165) is 57.8 Å². The Morgan fingerprint density at radius 2 is 0.325 bits per heavy atom. The maximum atomic E-state index is 13.0. The van der Waals surface area contributed by atoms with Crippen LogP contribution in [0.15, 0.2) is 0 Å². The van der Waals surface area contributed by atoms with E-state index in [2.05, 4.69) is 20.8 Å². The van der Waals surface area contributed by atoms with E-state index in [0.29, 0.717) is 19.3 Å². The van der Waals surface area contributed by atoms with E-state index in [1.807, 2.05) is 0 Å². The summed E-state index contributed by atoms with van der Waals surface area (Å²) in [5.74, 6) is -0.815. The zero-order valence-electron chi connectivity index (χ0n) is 57.0. The highest BCUT2D eigenvalue weighted by Gasteiger charge is 2.20. The fourth-order valence-corrected chi connectivity index (χ4v) is 12.3. The van der Waals surface area contributed by atoms with E-state index in [-0.39, 0.29) is 31.1 Å². The molecule has 0 radical (unpaired) electrons. The average molecular weight is 1170 g/mol. The predicted molar refractivity (Wildman–Crippen MR) is 363 cm³/mol. The van der Waals surface area contributed by atoms with Crippen molar-refractivity contribution < 1.29 is 28.6 Å². The van der Waals surface area contributed by atoms with Gasteiger partial charge >= 0.3 is 17.9 Å². The number of ether oxygens (including phenoxy) is 3. The largest absolute Gasteiger partial charge is 0.462 e. The Kier molecular flexibility index (Phi) is 71.5. The lowest BCUT2D eigenvalue weighted by molar-refractivity contribution is -0.167. The van der Waals surface area contributed by atoms with Crippen LogP contribution in [0.2, 0.25) is 0 Å². The fourth-order valence-electron chi connectivity index (χ4n) is 12.3. The minimum atomic E-state index is -0.764. The molecule has 0 aromatic carbocycles. The monoisotopic (exact) mass is 1170 g/mol. The van der Waals surface area contributed by atoms with Crippen LogP contribution in [0.25, 0.3) is 0 Å². The molecular formula is C77H150O6. The van der Waals surface area contributed by atoms with Crippen LogP contribution >= 0.6 is 0 Å². The van der Waals surface area contributed by atoms with E-state index < -0.39 is 6.10 Å². The summed E-state index contributed by atoms with van der Waals surface area (Å²) in [4.78, 5) is 38.5. The van der Waals surface area contributed by atoms with Gasteiger partial charge in [0.2, 0.25) is 0 Å². The summed E-state index contributed by atoms with van der Waals surface area (Å²) in [7, 11) is 0. The summed E-state index contributed by atoms with van der Waals surface area (Å²) < 4.78 is 17.0. The first-order chi connectivity index (χ1) is 41.0. The molecular weight excluding hydrogens is 1020 g/mol. The molecule has 0 N–H and O–H groups in total. The molecule has 0 saturated heterocycles. The Morgan fingerprint density at radius 1 is 0.193 bits per heavy atom. The molecule has 0 aliphatic heterocycles. The lowest BCUT2D eigenvalue weighted by Gasteiger charge is -2.18. The highest BCUT2D eigenvalue weighted by Crippen LogP contribution is 2.20. The molecule has 0 aromatic rings. The van der Waals surface area contributed by atoms with Gasteiger partial charge in [-0.25, -0.2) is 0 Å².